The summed E-state index contributed by atoms with van der Waals surface area (Å²) in [6.07, 6.45) is 1.88. The van der Waals surface area contributed by atoms with Gasteiger partial charge in [0.2, 0.25) is 5.91 Å². The number of phenolic OH excluding ortho intramolecular Hbond substituents is 1. The van der Waals surface area contributed by atoms with E-state index < -0.39 is 0 Å². The van der Waals surface area contributed by atoms with Crippen LogP contribution in [-0.4, -0.2) is 23.5 Å². The minimum Gasteiger partial charge on any atom is -0.507 e. The summed E-state index contributed by atoms with van der Waals surface area (Å²) in [5.74, 6) is -0.138. The van der Waals surface area contributed by atoms with E-state index in [-0.39, 0.29) is 29.2 Å². The predicted molar refractivity (Wildman–Crippen MR) is 156 cm³/mol. The molecule has 4 rings (SSSR count). The summed E-state index contributed by atoms with van der Waals surface area (Å²) in [5, 5.41) is 14.0. The molecule has 0 saturated heterocycles. The fraction of sp³-hybridized carbons (Fsp3) is 0.312. The van der Waals surface area contributed by atoms with Crippen LogP contribution in [0.2, 0.25) is 0 Å². The number of amides is 2. The molecule has 0 unspecified atom stereocenters. The van der Waals surface area contributed by atoms with Crippen LogP contribution in [0.3, 0.4) is 0 Å². The van der Waals surface area contributed by atoms with Crippen molar-refractivity contribution in [1.82, 2.24) is 5.32 Å². The van der Waals surface area contributed by atoms with Crippen molar-refractivity contribution in [3.63, 3.8) is 0 Å². The summed E-state index contributed by atoms with van der Waals surface area (Å²) < 4.78 is 0. The first-order valence-electron chi connectivity index (χ1n) is 12.8. The molecule has 0 atom stereocenters. The Morgan fingerprint density at radius 2 is 1.50 bits per heavy atom. The smallest absolute Gasteiger partial charge is 0.265 e. The fourth-order valence-electron chi connectivity index (χ4n) is 4.45. The van der Waals surface area contributed by atoms with Gasteiger partial charge in [0.15, 0.2) is 0 Å². The second kappa shape index (κ2) is 10.7. The molecule has 5 nitrogen and oxygen atoms in total. The van der Waals surface area contributed by atoms with Crippen LogP contribution < -0.4 is 10.2 Å². The van der Waals surface area contributed by atoms with E-state index in [0.717, 1.165) is 32.8 Å². The molecule has 0 saturated carbocycles. The zero-order chi connectivity index (χ0) is 27.7. The molecule has 3 aromatic carbocycles. The van der Waals surface area contributed by atoms with Gasteiger partial charge in [-0.3, -0.25) is 14.5 Å². The molecule has 3 aromatic rings. The molecule has 1 heterocycles. The van der Waals surface area contributed by atoms with E-state index in [2.05, 4.69) is 46.9 Å². The standard InChI is InChI=1S/C32H36N2O3S/c1-31(2,3)23-16-22(17-24(29(23)36)32(4,5)6)18-27-30(37)34(25-14-10-11-15-26(25)38-27)20-28(35)33-19-21-12-8-7-9-13-21/h7-18,36H,19-20H2,1-6H3,(H,33,35). The van der Waals surface area contributed by atoms with Crippen LogP contribution in [0.15, 0.2) is 76.5 Å². The Morgan fingerprint density at radius 3 is 2.11 bits per heavy atom. The van der Waals surface area contributed by atoms with Crippen LogP contribution in [0.5, 0.6) is 5.75 Å². The molecule has 2 amide bonds. The topological polar surface area (TPSA) is 69.6 Å². The SMILES string of the molecule is CC(C)(C)c1cc(C=C2Sc3ccccc3N(CC(=O)NCc3ccccc3)C2=O)cc(C(C)(C)C)c1O. The lowest BCUT2D eigenvalue weighted by Crippen LogP contribution is -2.42. The van der Waals surface area contributed by atoms with Gasteiger partial charge in [0, 0.05) is 22.6 Å². The van der Waals surface area contributed by atoms with E-state index in [4.69, 9.17) is 0 Å². The number of thioether (sulfide) groups is 1. The Kier molecular flexibility index (Phi) is 7.75. The van der Waals surface area contributed by atoms with E-state index >= 15 is 0 Å². The normalized spacial score (nSPS) is 14.9. The zero-order valence-corrected chi connectivity index (χ0v) is 23.8. The van der Waals surface area contributed by atoms with Crippen LogP contribution >= 0.6 is 11.8 Å². The molecule has 0 radical (unpaired) electrons. The first kappa shape index (κ1) is 27.5. The summed E-state index contributed by atoms with van der Waals surface area (Å²) in [7, 11) is 0. The number of nitrogens with one attached hydrogen (secondary N) is 1. The molecule has 6 heteroatoms. The molecule has 0 spiro atoms. The molecule has 198 valence electrons. The van der Waals surface area contributed by atoms with Crippen molar-refractivity contribution in [2.75, 3.05) is 11.4 Å². The van der Waals surface area contributed by atoms with Gasteiger partial charge in [-0.05, 0) is 52.3 Å². The average molecular weight is 529 g/mol. The molecule has 1 aliphatic rings. The molecular weight excluding hydrogens is 492 g/mol. The molecule has 0 aromatic heterocycles. The number of rotatable bonds is 5. The minimum atomic E-state index is -0.280. The van der Waals surface area contributed by atoms with Gasteiger partial charge >= 0.3 is 0 Å². The lowest BCUT2D eigenvalue weighted by atomic mass is 9.78. The van der Waals surface area contributed by atoms with Gasteiger partial charge < -0.3 is 10.4 Å². The number of hydrogen-bond acceptors (Lipinski definition) is 4. The number of benzene rings is 3. The van der Waals surface area contributed by atoms with Gasteiger partial charge in [-0.15, -0.1) is 0 Å². The highest BCUT2D eigenvalue weighted by molar-refractivity contribution is 8.04. The number of hydrogen-bond donors (Lipinski definition) is 2. The number of para-hydroxylation sites is 1. The highest BCUT2D eigenvalue weighted by Crippen LogP contribution is 2.44. The Balaban J connectivity index is 1.68. The number of carbonyl (C=O) groups is 2. The van der Waals surface area contributed by atoms with Crippen LogP contribution in [0, 0.1) is 0 Å². The summed E-state index contributed by atoms with van der Waals surface area (Å²) >= 11 is 1.41. The minimum absolute atomic E-state index is 0.0728. The maximum atomic E-state index is 13.7. The first-order chi connectivity index (χ1) is 17.8. The fourth-order valence-corrected chi connectivity index (χ4v) is 5.51. The number of fused-ring (bicyclic) bond motifs is 1. The third-order valence-electron chi connectivity index (χ3n) is 6.51. The van der Waals surface area contributed by atoms with Crippen molar-refractivity contribution in [3.05, 3.63) is 93.9 Å². The van der Waals surface area contributed by atoms with E-state index in [1.165, 1.54) is 11.8 Å². The quantitative estimate of drug-likeness (QED) is 0.358. The molecule has 0 aliphatic carbocycles. The van der Waals surface area contributed by atoms with E-state index in [9.17, 15) is 14.7 Å². The van der Waals surface area contributed by atoms with E-state index in [1.54, 1.807) is 4.90 Å². The number of anilines is 1. The van der Waals surface area contributed by atoms with Crippen molar-refractivity contribution in [2.45, 2.75) is 63.8 Å². The first-order valence-corrected chi connectivity index (χ1v) is 13.7. The predicted octanol–water partition coefficient (Wildman–Crippen LogP) is 6.78. The Hall–Kier alpha value is -3.51. The lowest BCUT2D eigenvalue weighted by Gasteiger charge is -2.30. The van der Waals surface area contributed by atoms with Gasteiger partial charge in [-0.25, -0.2) is 0 Å². The zero-order valence-electron chi connectivity index (χ0n) is 23.0. The Labute approximate surface area is 230 Å². The van der Waals surface area contributed by atoms with Crippen LogP contribution in [0.25, 0.3) is 6.08 Å². The molecular formula is C32H36N2O3S. The Morgan fingerprint density at radius 1 is 0.921 bits per heavy atom. The van der Waals surface area contributed by atoms with Gasteiger partial charge in [-0.2, -0.15) is 0 Å². The maximum Gasteiger partial charge on any atom is 0.265 e. The molecule has 2 N–H and O–H groups in total. The lowest BCUT2D eigenvalue weighted by molar-refractivity contribution is -0.122. The summed E-state index contributed by atoms with van der Waals surface area (Å²) in [6.45, 7) is 12.7. The van der Waals surface area contributed by atoms with Gasteiger partial charge in [-0.1, -0.05) is 95.8 Å². The van der Waals surface area contributed by atoms with Crippen molar-refractivity contribution >= 4 is 35.3 Å². The second-order valence-corrected chi connectivity index (χ2v) is 12.8. The largest absolute Gasteiger partial charge is 0.507 e. The average Bonchev–Trinajstić information content (AvgIpc) is 2.85. The van der Waals surface area contributed by atoms with Gasteiger partial charge in [0.1, 0.15) is 12.3 Å². The highest BCUT2D eigenvalue weighted by Gasteiger charge is 2.31. The monoisotopic (exact) mass is 528 g/mol. The van der Waals surface area contributed by atoms with Gasteiger partial charge in [0.05, 0.1) is 10.6 Å². The molecule has 0 fully saturated rings. The number of carbonyl (C=O) groups excluding carboxylic acids is 2. The van der Waals surface area contributed by atoms with Crippen LogP contribution in [-0.2, 0) is 27.0 Å². The molecule has 38 heavy (non-hydrogen) atoms. The summed E-state index contributed by atoms with van der Waals surface area (Å²) in [5.41, 5.74) is 3.69. The molecule has 0 bridgehead atoms. The highest BCUT2D eigenvalue weighted by atomic mass is 32.2. The van der Waals surface area contributed by atoms with Gasteiger partial charge in [0.25, 0.3) is 5.91 Å². The van der Waals surface area contributed by atoms with Crippen molar-refractivity contribution in [1.29, 1.82) is 0 Å². The number of nitrogens with zero attached hydrogens (tertiary/aromatic N) is 1. The Bertz CT molecular complexity index is 1350. The van der Waals surface area contributed by atoms with Crippen molar-refractivity contribution < 1.29 is 14.7 Å². The number of phenols is 1. The van der Waals surface area contributed by atoms with Crippen LogP contribution in [0.1, 0.15) is 63.8 Å². The summed E-state index contributed by atoms with van der Waals surface area (Å²) in [4.78, 5) is 29.6. The third-order valence-corrected chi connectivity index (χ3v) is 7.59. The number of aromatic hydroxyl groups is 1. The molecule has 1 aliphatic heterocycles. The third kappa shape index (κ3) is 6.13. The maximum absolute atomic E-state index is 13.7. The second-order valence-electron chi connectivity index (χ2n) is 11.7. The summed E-state index contributed by atoms with van der Waals surface area (Å²) in [6, 6.07) is 21.3. The van der Waals surface area contributed by atoms with Crippen molar-refractivity contribution in [3.8, 4) is 5.75 Å². The van der Waals surface area contributed by atoms with E-state index in [0.29, 0.717) is 17.2 Å². The van der Waals surface area contributed by atoms with Crippen LogP contribution in [0.4, 0.5) is 5.69 Å². The van der Waals surface area contributed by atoms with E-state index in [1.807, 2.05) is 72.8 Å². The van der Waals surface area contributed by atoms with Crippen molar-refractivity contribution in [2.24, 2.45) is 0 Å².